The Balaban J connectivity index is 2.16. The number of carbonyl (C=O) groups is 3. The molecule has 0 radical (unpaired) electrons. The molecule has 2 amide bonds. The van der Waals surface area contributed by atoms with Gasteiger partial charge in [0.15, 0.2) is 0 Å². The number of amides is 2. The van der Waals surface area contributed by atoms with E-state index >= 15 is 0 Å². The Morgan fingerprint density at radius 2 is 1.74 bits per heavy atom. The Morgan fingerprint density at radius 1 is 1.11 bits per heavy atom. The Labute approximate surface area is 154 Å². The van der Waals surface area contributed by atoms with Gasteiger partial charge in [-0.15, -0.1) is 0 Å². The van der Waals surface area contributed by atoms with Crippen LogP contribution in [0.15, 0.2) is 48.5 Å². The predicted octanol–water partition coefficient (Wildman–Crippen LogP) is 1.98. The number of aliphatic carboxylic acids is 1. The summed E-state index contributed by atoms with van der Waals surface area (Å²) in [5.74, 6) is -2.27. The average Bonchev–Trinajstić information content (AvgIpc) is 2.61. The maximum atomic E-state index is 12.5. The zero-order valence-corrected chi connectivity index (χ0v) is 14.3. The van der Waals surface area contributed by atoms with Crippen molar-refractivity contribution in [1.29, 1.82) is 0 Å². The molecular weight excluding hydrogens is 354 g/mol. The number of hydrogen-bond donors (Lipinski definition) is 3. The molecule has 9 nitrogen and oxygen atoms in total. The Morgan fingerprint density at radius 3 is 2.30 bits per heavy atom. The number of benzene rings is 2. The van der Waals surface area contributed by atoms with E-state index in [0.29, 0.717) is 5.56 Å². The van der Waals surface area contributed by atoms with Gasteiger partial charge in [-0.05, 0) is 17.7 Å². The highest BCUT2D eigenvalue weighted by Gasteiger charge is 2.23. The third kappa shape index (κ3) is 5.36. The fourth-order valence-electron chi connectivity index (χ4n) is 2.41. The van der Waals surface area contributed by atoms with E-state index in [0.717, 1.165) is 0 Å². The van der Waals surface area contributed by atoms with Gasteiger partial charge in [0, 0.05) is 25.5 Å². The molecule has 0 spiro atoms. The van der Waals surface area contributed by atoms with Crippen LogP contribution >= 0.6 is 0 Å². The summed E-state index contributed by atoms with van der Waals surface area (Å²) in [6.07, 6.45) is -0.0542. The summed E-state index contributed by atoms with van der Waals surface area (Å²) in [7, 11) is 0. The molecule has 9 heteroatoms. The van der Waals surface area contributed by atoms with Gasteiger partial charge in [-0.3, -0.25) is 19.7 Å². The molecule has 2 aromatic rings. The van der Waals surface area contributed by atoms with Crippen molar-refractivity contribution in [2.75, 3.05) is 5.32 Å². The zero-order valence-electron chi connectivity index (χ0n) is 14.3. The van der Waals surface area contributed by atoms with E-state index in [1.165, 1.54) is 43.3 Å². The first-order valence-corrected chi connectivity index (χ1v) is 7.91. The smallest absolute Gasteiger partial charge is 0.326 e. The van der Waals surface area contributed by atoms with Crippen LogP contribution < -0.4 is 10.6 Å². The number of non-ortho nitro benzene ring substituents is 1. The highest BCUT2D eigenvalue weighted by molar-refractivity contribution is 6.04. The van der Waals surface area contributed by atoms with Crippen molar-refractivity contribution in [3.05, 3.63) is 69.8 Å². The fourth-order valence-corrected chi connectivity index (χ4v) is 2.41. The molecule has 0 bridgehead atoms. The Kier molecular flexibility index (Phi) is 6.21. The van der Waals surface area contributed by atoms with Crippen LogP contribution in [-0.2, 0) is 16.0 Å². The Bertz CT molecular complexity index is 879. The fraction of sp³-hybridized carbons (Fsp3) is 0.167. The summed E-state index contributed by atoms with van der Waals surface area (Å²) in [6.45, 7) is 1.29. The third-order valence-corrected chi connectivity index (χ3v) is 3.67. The minimum atomic E-state index is -1.25. The Hall–Kier alpha value is -3.75. The van der Waals surface area contributed by atoms with E-state index in [2.05, 4.69) is 10.6 Å². The highest BCUT2D eigenvalue weighted by atomic mass is 16.6. The quantitative estimate of drug-likeness (QED) is 0.502. The van der Waals surface area contributed by atoms with E-state index in [4.69, 9.17) is 0 Å². The lowest BCUT2D eigenvalue weighted by Crippen LogP contribution is -2.42. The molecule has 0 saturated carbocycles. The highest BCUT2D eigenvalue weighted by Crippen LogP contribution is 2.16. The SMILES string of the molecule is CC(=O)Nc1ccccc1C(=O)N[C@H](Cc1ccc([N+](=O)[O-])cc1)C(=O)O. The van der Waals surface area contributed by atoms with Crippen LogP contribution in [0.2, 0.25) is 0 Å². The van der Waals surface area contributed by atoms with Gasteiger partial charge in [-0.2, -0.15) is 0 Å². The number of carbonyl (C=O) groups excluding carboxylic acids is 2. The van der Waals surface area contributed by atoms with Crippen molar-refractivity contribution in [1.82, 2.24) is 5.32 Å². The second-order valence-corrected chi connectivity index (χ2v) is 5.72. The summed E-state index contributed by atoms with van der Waals surface area (Å²) in [5.41, 5.74) is 0.798. The molecular formula is C18H17N3O6. The first kappa shape index (κ1) is 19.6. The molecule has 0 aliphatic rings. The van der Waals surface area contributed by atoms with Gasteiger partial charge in [0.2, 0.25) is 5.91 Å². The number of carboxylic acids is 1. The number of nitrogens with one attached hydrogen (secondary N) is 2. The summed E-state index contributed by atoms with van der Waals surface area (Å²) in [4.78, 5) is 45.4. The maximum absolute atomic E-state index is 12.5. The molecule has 0 heterocycles. The number of nitro groups is 1. The van der Waals surface area contributed by atoms with Crippen molar-refractivity contribution < 1.29 is 24.4 Å². The van der Waals surface area contributed by atoms with E-state index in [9.17, 15) is 29.6 Å². The molecule has 0 unspecified atom stereocenters. The second-order valence-electron chi connectivity index (χ2n) is 5.72. The number of para-hydroxylation sites is 1. The molecule has 140 valence electrons. The van der Waals surface area contributed by atoms with Gasteiger partial charge in [-0.1, -0.05) is 24.3 Å². The third-order valence-electron chi connectivity index (χ3n) is 3.67. The molecule has 0 aliphatic heterocycles. The predicted molar refractivity (Wildman–Crippen MR) is 96.4 cm³/mol. The van der Waals surface area contributed by atoms with Crippen LogP contribution in [0.25, 0.3) is 0 Å². The van der Waals surface area contributed by atoms with Gasteiger partial charge in [0.1, 0.15) is 6.04 Å². The van der Waals surface area contributed by atoms with E-state index < -0.39 is 22.8 Å². The lowest BCUT2D eigenvalue weighted by atomic mass is 10.0. The lowest BCUT2D eigenvalue weighted by molar-refractivity contribution is -0.384. The number of nitro benzene ring substituents is 1. The lowest BCUT2D eigenvalue weighted by Gasteiger charge is -2.16. The van der Waals surface area contributed by atoms with Gasteiger partial charge < -0.3 is 15.7 Å². The van der Waals surface area contributed by atoms with Gasteiger partial charge >= 0.3 is 5.97 Å². The number of carboxylic acid groups (broad SMARTS) is 1. The summed E-state index contributed by atoms with van der Waals surface area (Å²) >= 11 is 0. The molecule has 1 atom stereocenters. The summed E-state index contributed by atoms with van der Waals surface area (Å²) < 4.78 is 0. The van der Waals surface area contributed by atoms with Gasteiger partial charge in [0.25, 0.3) is 11.6 Å². The van der Waals surface area contributed by atoms with Crippen molar-refractivity contribution in [3.8, 4) is 0 Å². The average molecular weight is 371 g/mol. The number of anilines is 1. The summed E-state index contributed by atoms with van der Waals surface area (Å²) in [6, 6.07) is 10.4. The molecule has 0 aliphatic carbocycles. The minimum absolute atomic E-state index is 0.0542. The van der Waals surface area contributed by atoms with Crippen LogP contribution in [0, 0.1) is 10.1 Å². The zero-order chi connectivity index (χ0) is 20.0. The van der Waals surface area contributed by atoms with Crippen LogP contribution in [0.4, 0.5) is 11.4 Å². The van der Waals surface area contributed by atoms with E-state index in [1.54, 1.807) is 12.1 Å². The topological polar surface area (TPSA) is 139 Å². The number of rotatable bonds is 7. The van der Waals surface area contributed by atoms with Gasteiger partial charge in [0.05, 0.1) is 16.2 Å². The molecule has 27 heavy (non-hydrogen) atoms. The van der Waals surface area contributed by atoms with Crippen molar-refractivity contribution in [3.63, 3.8) is 0 Å². The van der Waals surface area contributed by atoms with E-state index in [1.807, 2.05) is 0 Å². The molecule has 0 saturated heterocycles. The standard InChI is InChI=1S/C18H17N3O6/c1-11(22)19-15-5-3-2-4-14(15)17(23)20-16(18(24)25)10-12-6-8-13(9-7-12)21(26)27/h2-9,16H,10H2,1H3,(H,19,22)(H,20,23)(H,24,25)/t16-/m1/s1. The van der Waals surface area contributed by atoms with Crippen molar-refractivity contribution in [2.45, 2.75) is 19.4 Å². The summed E-state index contributed by atoms with van der Waals surface area (Å²) in [5, 5.41) is 25.0. The second kappa shape index (κ2) is 8.56. The molecule has 2 rings (SSSR count). The molecule has 0 fully saturated rings. The number of hydrogen-bond acceptors (Lipinski definition) is 5. The molecule has 0 aromatic heterocycles. The van der Waals surface area contributed by atoms with Crippen LogP contribution in [-0.4, -0.2) is 33.9 Å². The van der Waals surface area contributed by atoms with Crippen LogP contribution in [0.1, 0.15) is 22.8 Å². The minimum Gasteiger partial charge on any atom is -0.480 e. The maximum Gasteiger partial charge on any atom is 0.326 e. The van der Waals surface area contributed by atoms with Crippen molar-refractivity contribution in [2.24, 2.45) is 0 Å². The van der Waals surface area contributed by atoms with Crippen LogP contribution in [0.3, 0.4) is 0 Å². The largest absolute Gasteiger partial charge is 0.480 e. The molecule has 2 aromatic carbocycles. The number of nitrogens with zero attached hydrogens (tertiary/aromatic N) is 1. The van der Waals surface area contributed by atoms with Gasteiger partial charge in [-0.25, -0.2) is 4.79 Å². The molecule has 3 N–H and O–H groups in total. The van der Waals surface area contributed by atoms with Crippen molar-refractivity contribution >= 4 is 29.2 Å². The van der Waals surface area contributed by atoms with Crippen LogP contribution in [0.5, 0.6) is 0 Å². The first-order chi connectivity index (χ1) is 12.8. The first-order valence-electron chi connectivity index (χ1n) is 7.91. The monoisotopic (exact) mass is 371 g/mol. The normalized spacial score (nSPS) is 11.3. The van der Waals surface area contributed by atoms with E-state index in [-0.39, 0.29) is 29.3 Å².